The molecule has 0 bridgehead atoms. The van der Waals surface area contributed by atoms with Gasteiger partial charge in [0.2, 0.25) is 5.89 Å². The second-order valence-corrected chi connectivity index (χ2v) is 8.97. The second-order valence-electron chi connectivity index (χ2n) is 8.97. The van der Waals surface area contributed by atoms with Crippen molar-refractivity contribution in [2.75, 3.05) is 31.2 Å². The molecule has 2 aliphatic heterocycles. The first kappa shape index (κ1) is 20.3. The van der Waals surface area contributed by atoms with Crippen LogP contribution in [-0.2, 0) is 14.2 Å². The standard InChI is InChI=1S/C22H29FN2O4/c1-13-10-26-20(24-13)16-6-17(21-27-11-22(4,5)12-28-21)19(18(23)7-16)25-8-14(2)29-15(3)9-25/h6-7,10,14-15,21H,8-9,11-12H2,1-5H3/t14-,15-/m1/s1. The molecule has 1 aromatic carbocycles. The van der Waals surface area contributed by atoms with E-state index in [-0.39, 0.29) is 23.4 Å². The van der Waals surface area contributed by atoms with Gasteiger partial charge in [0.1, 0.15) is 12.1 Å². The molecular formula is C22H29FN2O4. The van der Waals surface area contributed by atoms with Gasteiger partial charge < -0.3 is 23.5 Å². The number of morpholine rings is 1. The van der Waals surface area contributed by atoms with Gasteiger partial charge in [0, 0.05) is 29.6 Å². The SMILES string of the molecule is Cc1coc(-c2cc(F)c(N3C[C@@H](C)O[C@H](C)C3)c(C3OCC(C)(C)CO3)c2)n1. The number of oxazole rings is 1. The summed E-state index contributed by atoms with van der Waals surface area (Å²) in [6.07, 6.45) is 0.929. The van der Waals surface area contributed by atoms with E-state index >= 15 is 4.39 Å². The number of benzene rings is 1. The number of halogens is 1. The van der Waals surface area contributed by atoms with Crippen LogP contribution in [0, 0.1) is 18.2 Å². The van der Waals surface area contributed by atoms with Crippen LogP contribution in [0.4, 0.5) is 10.1 Å². The van der Waals surface area contributed by atoms with Gasteiger partial charge in [-0.1, -0.05) is 13.8 Å². The van der Waals surface area contributed by atoms with Crippen molar-refractivity contribution in [3.8, 4) is 11.5 Å². The molecule has 29 heavy (non-hydrogen) atoms. The molecule has 0 spiro atoms. The Morgan fingerprint density at radius 1 is 1.10 bits per heavy atom. The van der Waals surface area contributed by atoms with Gasteiger partial charge >= 0.3 is 0 Å². The summed E-state index contributed by atoms with van der Waals surface area (Å²) in [7, 11) is 0. The van der Waals surface area contributed by atoms with Crippen LogP contribution in [0.2, 0.25) is 0 Å². The molecule has 2 saturated heterocycles. The minimum atomic E-state index is -0.642. The molecule has 7 heteroatoms. The third kappa shape index (κ3) is 4.32. The summed E-state index contributed by atoms with van der Waals surface area (Å²) in [6, 6.07) is 3.35. The van der Waals surface area contributed by atoms with Crippen LogP contribution in [0.15, 0.2) is 22.8 Å². The highest BCUT2D eigenvalue weighted by molar-refractivity contribution is 5.65. The topological polar surface area (TPSA) is 57.0 Å². The summed E-state index contributed by atoms with van der Waals surface area (Å²) in [5.41, 5.74) is 2.40. The molecule has 2 aliphatic rings. The molecule has 0 aliphatic carbocycles. The van der Waals surface area contributed by atoms with Crippen LogP contribution in [0.3, 0.4) is 0 Å². The molecule has 158 valence electrons. The Kier molecular flexibility index (Phi) is 5.40. The first-order valence-corrected chi connectivity index (χ1v) is 10.1. The number of ether oxygens (including phenoxy) is 3. The number of hydrogen-bond donors (Lipinski definition) is 0. The molecule has 0 saturated carbocycles. The summed E-state index contributed by atoms with van der Waals surface area (Å²) in [6.45, 7) is 12.3. The molecule has 0 amide bonds. The highest BCUT2D eigenvalue weighted by Crippen LogP contribution is 2.40. The molecule has 1 aromatic heterocycles. The number of nitrogens with zero attached hydrogens (tertiary/aromatic N) is 2. The molecule has 6 nitrogen and oxygen atoms in total. The first-order valence-electron chi connectivity index (χ1n) is 10.1. The van der Waals surface area contributed by atoms with Crippen LogP contribution in [0.25, 0.3) is 11.5 Å². The van der Waals surface area contributed by atoms with Gasteiger partial charge in [0.05, 0.1) is 36.8 Å². The number of aromatic nitrogens is 1. The fraction of sp³-hybridized carbons (Fsp3) is 0.591. The highest BCUT2D eigenvalue weighted by atomic mass is 19.1. The van der Waals surface area contributed by atoms with E-state index < -0.39 is 6.29 Å². The fourth-order valence-corrected chi connectivity index (χ4v) is 3.98. The maximum atomic E-state index is 15.5. The minimum absolute atomic E-state index is 0.00666. The zero-order valence-electron chi connectivity index (χ0n) is 17.7. The second kappa shape index (κ2) is 7.70. The van der Waals surface area contributed by atoms with E-state index in [1.165, 1.54) is 6.07 Å². The first-order chi connectivity index (χ1) is 13.7. The fourth-order valence-electron chi connectivity index (χ4n) is 3.98. The van der Waals surface area contributed by atoms with E-state index in [0.717, 1.165) is 5.69 Å². The predicted molar refractivity (Wildman–Crippen MR) is 107 cm³/mol. The minimum Gasteiger partial charge on any atom is -0.444 e. The third-order valence-electron chi connectivity index (χ3n) is 5.20. The number of anilines is 1. The van der Waals surface area contributed by atoms with Crippen molar-refractivity contribution in [2.45, 2.75) is 53.1 Å². The van der Waals surface area contributed by atoms with Crippen molar-refractivity contribution in [1.82, 2.24) is 4.98 Å². The van der Waals surface area contributed by atoms with Crippen molar-refractivity contribution in [2.24, 2.45) is 5.41 Å². The van der Waals surface area contributed by atoms with E-state index in [0.29, 0.717) is 49.0 Å². The van der Waals surface area contributed by atoms with Gasteiger partial charge in [0.15, 0.2) is 6.29 Å². The summed E-state index contributed by atoms with van der Waals surface area (Å²) in [5, 5.41) is 0. The number of hydrogen-bond acceptors (Lipinski definition) is 6. The molecule has 2 fully saturated rings. The van der Waals surface area contributed by atoms with Crippen molar-refractivity contribution in [1.29, 1.82) is 0 Å². The van der Waals surface area contributed by atoms with Crippen LogP contribution in [0.1, 0.15) is 45.2 Å². The molecule has 2 atom stereocenters. The number of aryl methyl sites for hydroxylation is 1. The smallest absolute Gasteiger partial charge is 0.226 e. The predicted octanol–water partition coefficient (Wildman–Crippen LogP) is 4.47. The van der Waals surface area contributed by atoms with Crippen molar-refractivity contribution < 1.29 is 23.0 Å². The van der Waals surface area contributed by atoms with Crippen LogP contribution in [0.5, 0.6) is 0 Å². The van der Waals surface area contributed by atoms with Crippen LogP contribution >= 0.6 is 0 Å². The maximum absolute atomic E-state index is 15.5. The Hall–Kier alpha value is -1.96. The van der Waals surface area contributed by atoms with Gasteiger partial charge in [0.25, 0.3) is 0 Å². The van der Waals surface area contributed by atoms with E-state index in [1.54, 1.807) is 6.26 Å². The normalized spacial score (nSPS) is 25.4. The maximum Gasteiger partial charge on any atom is 0.226 e. The Labute approximate surface area is 171 Å². The molecule has 4 rings (SSSR count). The lowest BCUT2D eigenvalue weighted by Crippen LogP contribution is -2.46. The lowest BCUT2D eigenvalue weighted by molar-refractivity contribution is -0.226. The third-order valence-corrected chi connectivity index (χ3v) is 5.20. The quantitative estimate of drug-likeness (QED) is 0.752. The van der Waals surface area contributed by atoms with Gasteiger partial charge in [-0.05, 0) is 32.9 Å². The average molecular weight is 404 g/mol. The van der Waals surface area contributed by atoms with Crippen molar-refractivity contribution in [3.05, 3.63) is 35.5 Å². The average Bonchev–Trinajstić information content (AvgIpc) is 3.06. The highest BCUT2D eigenvalue weighted by Gasteiger charge is 2.34. The monoisotopic (exact) mass is 404 g/mol. The van der Waals surface area contributed by atoms with Gasteiger partial charge in [-0.15, -0.1) is 0 Å². The van der Waals surface area contributed by atoms with Crippen LogP contribution < -0.4 is 4.90 Å². The zero-order valence-corrected chi connectivity index (χ0v) is 17.7. The van der Waals surface area contributed by atoms with E-state index in [9.17, 15) is 0 Å². The summed E-state index contributed by atoms with van der Waals surface area (Å²) >= 11 is 0. The molecule has 0 unspecified atom stereocenters. The lowest BCUT2D eigenvalue weighted by atomic mass is 9.95. The van der Waals surface area contributed by atoms with Crippen molar-refractivity contribution in [3.63, 3.8) is 0 Å². The Bertz CT molecular complexity index is 862. The van der Waals surface area contributed by atoms with Gasteiger partial charge in [-0.25, -0.2) is 9.37 Å². The Morgan fingerprint density at radius 2 is 1.76 bits per heavy atom. The Morgan fingerprint density at radius 3 is 2.34 bits per heavy atom. The summed E-state index contributed by atoms with van der Waals surface area (Å²) < 4.78 is 38.9. The van der Waals surface area contributed by atoms with Gasteiger partial charge in [-0.2, -0.15) is 0 Å². The largest absolute Gasteiger partial charge is 0.444 e. The molecule has 0 radical (unpaired) electrons. The van der Waals surface area contributed by atoms with E-state index in [2.05, 4.69) is 18.8 Å². The lowest BCUT2D eigenvalue weighted by Gasteiger charge is -2.40. The Balaban J connectivity index is 1.76. The zero-order chi connectivity index (χ0) is 20.8. The summed E-state index contributed by atoms with van der Waals surface area (Å²) in [4.78, 5) is 6.38. The van der Waals surface area contributed by atoms with Crippen molar-refractivity contribution >= 4 is 5.69 Å². The molecule has 2 aromatic rings. The number of rotatable bonds is 3. The van der Waals surface area contributed by atoms with Gasteiger partial charge in [-0.3, -0.25) is 0 Å². The summed E-state index contributed by atoms with van der Waals surface area (Å²) in [5.74, 6) is 0.0424. The van der Waals surface area contributed by atoms with E-state index in [4.69, 9.17) is 18.6 Å². The van der Waals surface area contributed by atoms with E-state index in [1.807, 2.05) is 31.7 Å². The molecule has 0 N–H and O–H groups in total. The molecule has 3 heterocycles. The molecular weight excluding hydrogens is 375 g/mol. The van der Waals surface area contributed by atoms with Crippen LogP contribution in [-0.4, -0.2) is 43.5 Å².